The van der Waals surface area contributed by atoms with Crippen LogP contribution in [0, 0.1) is 0 Å². The van der Waals surface area contributed by atoms with E-state index in [9.17, 15) is 0 Å². The number of para-hydroxylation sites is 4. The number of aryl methyl sites for hydroxylation is 1. The van der Waals surface area contributed by atoms with Crippen LogP contribution in [0.3, 0.4) is 0 Å². The summed E-state index contributed by atoms with van der Waals surface area (Å²) >= 11 is 0. The number of nitrogen functional groups attached to an aromatic ring is 1. The Labute approximate surface area is 367 Å². The summed E-state index contributed by atoms with van der Waals surface area (Å²) in [5.41, 5.74) is 21.1. The second-order valence-electron chi connectivity index (χ2n) is 16.9. The first-order chi connectivity index (χ1) is 31.1. The van der Waals surface area contributed by atoms with Crippen LogP contribution in [0.4, 0.5) is 17.1 Å². The normalized spacial score (nSPS) is 13.7. The van der Waals surface area contributed by atoms with Crippen LogP contribution in [0.15, 0.2) is 205 Å². The first-order valence-electron chi connectivity index (χ1n) is 22.2. The van der Waals surface area contributed by atoms with Crippen molar-refractivity contribution < 1.29 is 0 Å². The van der Waals surface area contributed by atoms with Crippen molar-refractivity contribution in [3.05, 3.63) is 217 Å². The first kappa shape index (κ1) is 37.0. The number of nitrogens with two attached hydrogens (primary N) is 1. The van der Waals surface area contributed by atoms with Gasteiger partial charge in [0.15, 0.2) is 0 Å². The summed E-state index contributed by atoms with van der Waals surface area (Å²) in [5.74, 6) is 0. The molecule has 9 aromatic carbocycles. The lowest BCUT2D eigenvalue weighted by Crippen LogP contribution is -2.19. The van der Waals surface area contributed by atoms with Crippen LogP contribution >= 0.6 is 0 Å². The van der Waals surface area contributed by atoms with Crippen molar-refractivity contribution >= 4 is 88.2 Å². The Bertz CT molecular complexity index is 3600. The Balaban J connectivity index is 0.000000134. The molecule has 13 rings (SSSR count). The van der Waals surface area contributed by atoms with Gasteiger partial charge in [-0.25, -0.2) is 0 Å². The molecule has 0 saturated carbocycles. The molecule has 11 aromatic rings. The predicted octanol–water partition coefficient (Wildman–Crippen LogP) is 15.6. The van der Waals surface area contributed by atoms with E-state index in [0.29, 0.717) is 0 Å². The third-order valence-electron chi connectivity index (χ3n) is 13.3. The van der Waals surface area contributed by atoms with Crippen LogP contribution in [0.5, 0.6) is 0 Å². The number of rotatable bonds is 5. The summed E-state index contributed by atoms with van der Waals surface area (Å²) in [5, 5.41) is 11.4. The van der Waals surface area contributed by atoms with E-state index in [1.165, 1.54) is 105 Å². The third kappa shape index (κ3) is 5.97. The van der Waals surface area contributed by atoms with Crippen molar-refractivity contribution in [3.63, 3.8) is 0 Å². The zero-order valence-electron chi connectivity index (χ0n) is 35.3. The molecule has 0 bridgehead atoms. The second kappa shape index (κ2) is 15.0. The average Bonchev–Trinajstić information content (AvgIpc) is 3.86. The van der Waals surface area contributed by atoms with Gasteiger partial charge in [0.1, 0.15) is 0 Å². The monoisotopic (exact) mass is 810 g/mol. The Hall–Kier alpha value is -7.82. The molecule has 0 radical (unpaired) electrons. The predicted molar refractivity (Wildman–Crippen MR) is 269 cm³/mol. The van der Waals surface area contributed by atoms with E-state index in [-0.39, 0.29) is 0 Å². The van der Waals surface area contributed by atoms with Gasteiger partial charge in [0, 0.05) is 61.1 Å². The maximum absolute atomic E-state index is 6.36. The van der Waals surface area contributed by atoms with E-state index in [2.05, 4.69) is 215 Å². The van der Waals surface area contributed by atoms with Crippen molar-refractivity contribution in [2.75, 3.05) is 10.6 Å². The van der Waals surface area contributed by atoms with Gasteiger partial charge in [0.2, 0.25) is 0 Å². The van der Waals surface area contributed by atoms with Crippen LogP contribution < -0.4 is 10.6 Å². The number of hydrogen-bond acceptors (Lipinski definition) is 2. The summed E-state index contributed by atoms with van der Waals surface area (Å²) in [6.07, 6.45) is 13.7. The summed E-state index contributed by atoms with van der Waals surface area (Å²) in [4.78, 5) is 2.42. The Morgan fingerprint density at radius 2 is 1.08 bits per heavy atom. The molecule has 2 heterocycles. The molecule has 2 aromatic heterocycles. The van der Waals surface area contributed by atoms with Crippen LogP contribution in [0.25, 0.3) is 82.5 Å². The summed E-state index contributed by atoms with van der Waals surface area (Å²) in [6, 6.07) is 63.4. The molecule has 0 fully saturated rings. The third-order valence-corrected chi connectivity index (χ3v) is 13.3. The lowest BCUT2D eigenvalue weighted by molar-refractivity contribution is 0.966. The fourth-order valence-corrected chi connectivity index (χ4v) is 10.5. The molecule has 2 aliphatic carbocycles. The van der Waals surface area contributed by atoms with E-state index in [1.807, 2.05) is 6.07 Å². The van der Waals surface area contributed by atoms with E-state index < -0.39 is 0 Å². The molecule has 0 saturated heterocycles. The van der Waals surface area contributed by atoms with Crippen molar-refractivity contribution in [1.82, 2.24) is 9.13 Å². The molecule has 0 unspecified atom stereocenters. The minimum Gasteiger partial charge on any atom is -0.398 e. The molecular formula is C59H46N4. The number of aromatic nitrogens is 2. The van der Waals surface area contributed by atoms with Gasteiger partial charge in [-0.3, -0.25) is 0 Å². The van der Waals surface area contributed by atoms with Crippen LogP contribution in [0.1, 0.15) is 37.4 Å². The highest BCUT2D eigenvalue weighted by Gasteiger charge is 2.22. The van der Waals surface area contributed by atoms with Gasteiger partial charge in [-0.2, -0.15) is 0 Å². The summed E-state index contributed by atoms with van der Waals surface area (Å²) < 4.78 is 4.82. The fraction of sp³-hybridized carbons (Fsp3) is 0.0847. The van der Waals surface area contributed by atoms with Crippen molar-refractivity contribution in [2.24, 2.45) is 0 Å². The lowest BCUT2D eigenvalue weighted by Gasteiger charge is -2.31. The molecule has 4 heteroatoms. The van der Waals surface area contributed by atoms with E-state index in [1.54, 1.807) is 0 Å². The van der Waals surface area contributed by atoms with Gasteiger partial charge in [0.05, 0.1) is 22.2 Å². The number of nitrogens with zero attached hydrogens (tertiary/aromatic N) is 3. The molecule has 2 N–H and O–H groups in total. The van der Waals surface area contributed by atoms with Crippen molar-refractivity contribution in [2.45, 2.75) is 32.6 Å². The first-order valence-corrected chi connectivity index (χ1v) is 22.2. The van der Waals surface area contributed by atoms with Crippen LogP contribution in [-0.2, 0) is 6.42 Å². The van der Waals surface area contributed by atoms with Crippen LogP contribution in [0.2, 0.25) is 0 Å². The number of anilines is 3. The highest BCUT2D eigenvalue weighted by molar-refractivity contribution is 6.27. The lowest BCUT2D eigenvalue weighted by atomic mass is 9.92. The Kier molecular flexibility index (Phi) is 8.79. The molecular weight excluding hydrogens is 765 g/mol. The van der Waals surface area contributed by atoms with Gasteiger partial charge in [0.25, 0.3) is 0 Å². The SMILES string of the molecule is C1=Cc2c(c3ccccc3n2-c2cccc(-n3c4ccccc4c4ccccc43)c2)CC1.CC1=CCCC=C1N(c1ccccc1)c1ccc2ccc3c(N)ccc4ccc1c2c43. The standard InChI is InChI=1S/C30H22N2.C29H24N2/c1-5-16-27-23(12-1)24-13-2-6-17-28(24)31(27)21-10-9-11-22(20-21)32-29-18-7-3-14-25(29)26-15-4-8-19-30(26)32;1-19-7-5-6-10-26(19)31(22-8-3-2-4-9-22)27-18-14-21-11-15-23-25(30)17-13-20-12-16-24(27)29(21)28(20)23/h1-3,5-14,16-20H,4,15H2;2-4,7-18H,5-6,30H2,1H3. The number of allylic oxidation sites excluding steroid dienone is 4. The van der Waals surface area contributed by atoms with Crippen molar-refractivity contribution in [3.8, 4) is 11.4 Å². The summed E-state index contributed by atoms with van der Waals surface area (Å²) in [7, 11) is 0. The average molecular weight is 811 g/mol. The fourth-order valence-electron chi connectivity index (χ4n) is 10.5. The molecule has 0 amide bonds. The molecule has 302 valence electrons. The molecule has 2 aliphatic rings. The topological polar surface area (TPSA) is 39.1 Å². The van der Waals surface area contributed by atoms with Gasteiger partial charge < -0.3 is 19.8 Å². The molecule has 0 spiro atoms. The second-order valence-corrected chi connectivity index (χ2v) is 16.9. The van der Waals surface area contributed by atoms with Gasteiger partial charge >= 0.3 is 0 Å². The van der Waals surface area contributed by atoms with Gasteiger partial charge in [-0.1, -0.05) is 133 Å². The maximum atomic E-state index is 6.36. The molecule has 4 nitrogen and oxygen atoms in total. The van der Waals surface area contributed by atoms with E-state index >= 15 is 0 Å². The maximum Gasteiger partial charge on any atom is 0.0541 e. The van der Waals surface area contributed by atoms with Gasteiger partial charge in [-0.15, -0.1) is 0 Å². The minimum atomic E-state index is 0.834. The highest BCUT2D eigenvalue weighted by Crippen LogP contribution is 2.45. The quantitative estimate of drug-likeness (QED) is 0.139. The smallest absolute Gasteiger partial charge is 0.0541 e. The largest absolute Gasteiger partial charge is 0.398 e. The van der Waals surface area contributed by atoms with Gasteiger partial charge in [-0.05, 0) is 132 Å². The molecule has 63 heavy (non-hydrogen) atoms. The Morgan fingerprint density at radius 3 is 1.81 bits per heavy atom. The van der Waals surface area contributed by atoms with Crippen LogP contribution in [-0.4, -0.2) is 9.13 Å². The van der Waals surface area contributed by atoms with E-state index in [0.717, 1.165) is 36.8 Å². The summed E-state index contributed by atoms with van der Waals surface area (Å²) in [6.45, 7) is 2.22. The number of benzene rings is 9. The molecule has 0 aliphatic heterocycles. The molecule has 0 atom stereocenters. The zero-order chi connectivity index (χ0) is 42.0. The minimum absolute atomic E-state index is 0.834. The van der Waals surface area contributed by atoms with E-state index in [4.69, 9.17) is 5.73 Å². The van der Waals surface area contributed by atoms with Crippen molar-refractivity contribution in [1.29, 1.82) is 0 Å². The number of hydrogen-bond donors (Lipinski definition) is 1. The Morgan fingerprint density at radius 1 is 0.492 bits per heavy atom. The zero-order valence-corrected chi connectivity index (χ0v) is 35.3. The number of fused-ring (bicyclic) bond motifs is 6. The highest BCUT2D eigenvalue weighted by atomic mass is 15.2.